The van der Waals surface area contributed by atoms with Gasteiger partial charge in [-0.3, -0.25) is 4.79 Å². The SMILES string of the molecule is CC(C)CC(NS(=O)(=O)c1ccc(N=Nc2ccc(N(C)C)cc2)cc1)C(=O)O. The third kappa shape index (κ3) is 6.65. The zero-order valence-corrected chi connectivity index (χ0v) is 17.7. The molecule has 0 aliphatic rings. The van der Waals surface area contributed by atoms with Gasteiger partial charge in [0.1, 0.15) is 6.04 Å². The van der Waals surface area contributed by atoms with E-state index in [0.29, 0.717) is 11.4 Å². The first-order valence-corrected chi connectivity index (χ1v) is 10.6. The Labute approximate surface area is 171 Å². The lowest BCUT2D eigenvalue weighted by Gasteiger charge is -2.16. The molecule has 1 atom stereocenters. The number of nitrogens with zero attached hydrogens (tertiary/aromatic N) is 3. The fourth-order valence-corrected chi connectivity index (χ4v) is 3.75. The highest BCUT2D eigenvalue weighted by Crippen LogP contribution is 2.22. The van der Waals surface area contributed by atoms with Gasteiger partial charge in [0.25, 0.3) is 0 Å². The first-order valence-electron chi connectivity index (χ1n) is 9.13. The monoisotopic (exact) mass is 418 g/mol. The molecular weight excluding hydrogens is 392 g/mol. The summed E-state index contributed by atoms with van der Waals surface area (Å²) in [6.45, 7) is 3.66. The fourth-order valence-electron chi connectivity index (χ4n) is 2.55. The molecule has 0 amide bonds. The maximum absolute atomic E-state index is 12.5. The zero-order valence-electron chi connectivity index (χ0n) is 16.9. The molecule has 0 aliphatic heterocycles. The third-order valence-electron chi connectivity index (χ3n) is 4.10. The Bertz CT molecular complexity index is 953. The minimum atomic E-state index is -3.95. The normalized spacial score (nSPS) is 13.0. The van der Waals surface area contributed by atoms with Crippen molar-refractivity contribution in [2.45, 2.75) is 31.2 Å². The summed E-state index contributed by atoms with van der Waals surface area (Å²) >= 11 is 0. The number of nitrogens with one attached hydrogen (secondary N) is 1. The van der Waals surface area contributed by atoms with E-state index < -0.39 is 22.0 Å². The summed E-state index contributed by atoms with van der Waals surface area (Å²) in [5.41, 5.74) is 2.20. The van der Waals surface area contributed by atoms with Crippen molar-refractivity contribution < 1.29 is 18.3 Å². The minimum Gasteiger partial charge on any atom is -0.480 e. The van der Waals surface area contributed by atoms with Crippen LogP contribution in [0.1, 0.15) is 20.3 Å². The Balaban J connectivity index is 2.11. The number of azo groups is 1. The van der Waals surface area contributed by atoms with Gasteiger partial charge in [-0.2, -0.15) is 15.0 Å². The van der Waals surface area contributed by atoms with Crippen LogP contribution >= 0.6 is 0 Å². The Morgan fingerprint density at radius 1 is 1.00 bits per heavy atom. The average molecular weight is 419 g/mol. The summed E-state index contributed by atoms with van der Waals surface area (Å²) in [5, 5.41) is 17.5. The molecule has 2 N–H and O–H groups in total. The summed E-state index contributed by atoms with van der Waals surface area (Å²) in [6.07, 6.45) is 0.202. The van der Waals surface area contributed by atoms with Crippen LogP contribution in [-0.4, -0.2) is 39.6 Å². The Hall–Kier alpha value is -2.78. The van der Waals surface area contributed by atoms with Gasteiger partial charge < -0.3 is 10.0 Å². The fraction of sp³-hybridized carbons (Fsp3) is 0.350. The van der Waals surface area contributed by atoms with Gasteiger partial charge in [0.15, 0.2) is 0 Å². The van der Waals surface area contributed by atoms with Crippen molar-refractivity contribution in [3.05, 3.63) is 48.5 Å². The molecule has 0 saturated heterocycles. The third-order valence-corrected chi connectivity index (χ3v) is 5.58. The number of benzene rings is 2. The topological polar surface area (TPSA) is 111 Å². The number of hydrogen-bond acceptors (Lipinski definition) is 6. The highest BCUT2D eigenvalue weighted by atomic mass is 32.2. The summed E-state index contributed by atoms with van der Waals surface area (Å²) in [6, 6.07) is 12.1. The highest BCUT2D eigenvalue weighted by Gasteiger charge is 2.26. The molecule has 0 heterocycles. The number of rotatable bonds is 9. The predicted octanol–water partition coefficient (Wildman–Crippen LogP) is 3.95. The number of carboxylic acids is 1. The molecule has 0 bridgehead atoms. The molecule has 0 aliphatic carbocycles. The lowest BCUT2D eigenvalue weighted by atomic mass is 10.1. The second-order valence-electron chi connectivity index (χ2n) is 7.25. The van der Waals surface area contributed by atoms with E-state index in [1.165, 1.54) is 24.3 Å². The van der Waals surface area contributed by atoms with Gasteiger partial charge >= 0.3 is 5.97 Å². The van der Waals surface area contributed by atoms with E-state index in [9.17, 15) is 18.3 Å². The molecule has 29 heavy (non-hydrogen) atoms. The summed E-state index contributed by atoms with van der Waals surface area (Å²) in [5.74, 6) is -1.17. The van der Waals surface area contributed by atoms with E-state index in [1.54, 1.807) is 0 Å². The first-order chi connectivity index (χ1) is 13.6. The Morgan fingerprint density at radius 3 is 1.90 bits per heavy atom. The van der Waals surface area contributed by atoms with Gasteiger partial charge in [-0.25, -0.2) is 8.42 Å². The Morgan fingerprint density at radius 2 is 1.48 bits per heavy atom. The molecule has 156 valence electrons. The molecular formula is C20H26N4O4S. The van der Waals surface area contributed by atoms with Crippen LogP contribution in [0.2, 0.25) is 0 Å². The van der Waals surface area contributed by atoms with E-state index in [1.807, 2.05) is 57.1 Å². The number of anilines is 1. The largest absolute Gasteiger partial charge is 0.480 e. The molecule has 2 aromatic rings. The molecule has 8 nitrogen and oxygen atoms in total. The zero-order chi connectivity index (χ0) is 21.6. The quantitative estimate of drug-likeness (QED) is 0.599. The smallest absolute Gasteiger partial charge is 0.321 e. The molecule has 2 aromatic carbocycles. The van der Waals surface area contributed by atoms with Crippen LogP contribution in [0.4, 0.5) is 17.1 Å². The van der Waals surface area contributed by atoms with Crippen LogP contribution in [0.3, 0.4) is 0 Å². The van der Waals surface area contributed by atoms with Crippen LogP contribution < -0.4 is 9.62 Å². The molecule has 0 spiro atoms. The number of hydrogen-bond donors (Lipinski definition) is 2. The lowest BCUT2D eigenvalue weighted by molar-refractivity contribution is -0.139. The van der Waals surface area contributed by atoms with Crippen molar-refractivity contribution in [1.29, 1.82) is 0 Å². The van der Waals surface area contributed by atoms with Crippen molar-refractivity contribution in [2.24, 2.45) is 16.1 Å². The van der Waals surface area contributed by atoms with Gasteiger partial charge in [0.05, 0.1) is 16.3 Å². The van der Waals surface area contributed by atoms with E-state index in [0.717, 1.165) is 5.69 Å². The minimum absolute atomic E-state index is 0.0261. The van der Waals surface area contributed by atoms with Gasteiger partial charge in [0.2, 0.25) is 10.0 Å². The van der Waals surface area contributed by atoms with E-state index in [4.69, 9.17) is 0 Å². The van der Waals surface area contributed by atoms with Crippen LogP contribution in [-0.2, 0) is 14.8 Å². The maximum atomic E-state index is 12.5. The number of carbonyl (C=O) groups is 1. The summed E-state index contributed by atoms with van der Waals surface area (Å²) < 4.78 is 27.2. The van der Waals surface area contributed by atoms with Crippen LogP contribution in [0, 0.1) is 5.92 Å². The van der Waals surface area contributed by atoms with Gasteiger partial charge in [-0.05, 0) is 60.9 Å². The lowest BCUT2D eigenvalue weighted by Crippen LogP contribution is -2.41. The van der Waals surface area contributed by atoms with Gasteiger partial charge in [-0.15, -0.1) is 0 Å². The summed E-state index contributed by atoms with van der Waals surface area (Å²) in [4.78, 5) is 13.3. The number of aliphatic carboxylic acids is 1. The molecule has 0 saturated carbocycles. The summed E-state index contributed by atoms with van der Waals surface area (Å²) in [7, 11) is -0.0609. The predicted molar refractivity (Wildman–Crippen MR) is 113 cm³/mol. The van der Waals surface area contributed by atoms with Crippen LogP contribution in [0.5, 0.6) is 0 Å². The van der Waals surface area contributed by atoms with Crippen molar-refractivity contribution in [3.63, 3.8) is 0 Å². The molecule has 0 radical (unpaired) electrons. The van der Waals surface area contributed by atoms with Gasteiger partial charge in [0, 0.05) is 19.8 Å². The molecule has 1 unspecified atom stereocenters. The number of carboxylic acid groups (broad SMARTS) is 1. The van der Waals surface area contributed by atoms with Crippen molar-refractivity contribution in [3.8, 4) is 0 Å². The highest BCUT2D eigenvalue weighted by molar-refractivity contribution is 7.89. The van der Waals surface area contributed by atoms with E-state index >= 15 is 0 Å². The second-order valence-corrected chi connectivity index (χ2v) is 8.96. The van der Waals surface area contributed by atoms with Crippen molar-refractivity contribution in [1.82, 2.24) is 4.72 Å². The molecule has 9 heteroatoms. The van der Waals surface area contributed by atoms with Crippen molar-refractivity contribution >= 4 is 33.1 Å². The average Bonchev–Trinajstić information content (AvgIpc) is 2.66. The van der Waals surface area contributed by atoms with E-state index in [-0.39, 0.29) is 17.2 Å². The Kier molecular flexibility index (Phi) is 7.46. The second kappa shape index (κ2) is 9.62. The van der Waals surface area contributed by atoms with E-state index in [2.05, 4.69) is 15.0 Å². The molecule has 0 fully saturated rings. The van der Waals surface area contributed by atoms with Gasteiger partial charge in [-0.1, -0.05) is 13.8 Å². The van der Waals surface area contributed by atoms with Crippen LogP contribution in [0.15, 0.2) is 63.7 Å². The van der Waals surface area contributed by atoms with Crippen LogP contribution in [0.25, 0.3) is 0 Å². The molecule has 2 rings (SSSR count). The molecule has 0 aromatic heterocycles. The standard InChI is InChI=1S/C20H26N4O4S/c1-14(2)13-19(20(25)26)23-29(27,28)18-11-7-16(8-12-18)22-21-15-5-9-17(10-6-15)24(3)4/h5-12,14,19,23H,13H2,1-4H3,(H,25,26). The van der Waals surface area contributed by atoms with Crippen molar-refractivity contribution in [2.75, 3.05) is 19.0 Å². The first kappa shape index (κ1) is 22.5. The number of sulfonamides is 1. The maximum Gasteiger partial charge on any atom is 0.321 e.